The third-order valence-electron chi connectivity index (χ3n) is 3.48. The summed E-state index contributed by atoms with van der Waals surface area (Å²) in [5, 5.41) is 4.92. The molecule has 0 radical (unpaired) electrons. The van der Waals surface area contributed by atoms with E-state index in [1.807, 2.05) is 0 Å². The van der Waals surface area contributed by atoms with Crippen molar-refractivity contribution in [1.29, 1.82) is 0 Å². The van der Waals surface area contributed by atoms with Gasteiger partial charge < -0.3 is 14.2 Å². The van der Waals surface area contributed by atoms with E-state index < -0.39 is 0 Å². The summed E-state index contributed by atoms with van der Waals surface area (Å²) < 4.78 is 15.9. The smallest absolute Gasteiger partial charge is 0.240 e. The molecular weight excluding hydrogens is 391 g/mol. The number of hydrogen-bond acceptors (Lipinski definition) is 5. The minimum Gasteiger partial charge on any atom is -0.497 e. The third kappa shape index (κ3) is 7.00. The average molecular weight is 411 g/mol. The van der Waals surface area contributed by atoms with Crippen LogP contribution in [0.1, 0.15) is 18.4 Å². The summed E-state index contributed by atoms with van der Waals surface area (Å²) in [7, 11) is 3.13. The number of nitrogens with zero attached hydrogens (tertiary/aromatic N) is 1. The molecule has 1 amide bonds. The Kier molecular flexibility index (Phi) is 8.23. The van der Waals surface area contributed by atoms with Crippen molar-refractivity contribution in [3.05, 3.63) is 52.0 Å². The summed E-state index contributed by atoms with van der Waals surface area (Å²) in [6.45, 7) is 0.353. The second kappa shape index (κ2) is 10.6. The number of methoxy groups -OCH3 is 2. The first-order chi connectivity index (χ1) is 13.0. The highest BCUT2D eigenvalue weighted by Crippen LogP contribution is 2.27. The van der Waals surface area contributed by atoms with E-state index >= 15 is 0 Å². The van der Waals surface area contributed by atoms with Crippen LogP contribution >= 0.6 is 23.2 Å². The van der Waals surface area contributed by atoms with E-state index in [1.54, 1.807) is 50.6 Å². The average Bonchev–Trinajstić information content (AvgIpc) is 2.66. The van der Waals surface area contributed by atoms with Gasteiger partial charge in [0, 0.05) is 23.1 Å². The van der Waals surface area contributed by atoms with E-state index in [0.717, 1.165) is 5.56 Å². The van der Waals surface area contributed by atoms with Gasteiger partial charge in [-0.15, -0.1) is 0 Å². The molecule has 2 rings (SSSR count). The Morgan fingerprint density at radius 1 is 1.11 bits per heavy atom. The molecule has 0 aliphatic rings. The molecular formula is C19H20Cl2N2O4. The number of rotatable bonds is 9. The van der Waals surface area contributed by atoms with E-state index in [9.17, 15) is 4.79 Å². The fourth-order valence-electron chi connectivity index (χ4n) is 2.15. The molecule has 0 unspecified atom stereocenters. The molecule has 8 heteroatoms. The Labute approximate surface area is 168 Å². The van der Waals surface area contributed by atoms with Crippen LogP contribution in [0, 0.1) is 0 Å². The van der Waals surface area contributed by atoms with Gasteiger partial charge in [0.25, 0.3) is 0 Å². The van der Waals surface area contributed by atoms with Crippen molar-refractivity contribution < 1.29 is 19.0 Å². The lowest BCUT2D eigenvalue weighted by Gasteiger charge is -2.07. The Morgan fingerprint density at radius 3 is 2.44 bits per heavy atom. The van der Waals surface area contributed by atoms with E-state index in [-0.39, 0.29) is 12.3 Å². The quantitative estimate of drug-likeness (QED) is 0.379. The van der Waals surface area contributed by atoms with Crippen LogP contribution in [-0.2, 0) is 4.79 Å². The van der Waals surface area contributed by atoms with E-state index in [2.05, 4.69) is 10.5 Å². The Bertz CT molecular complexity index is 790. The predicted molar refractivity (Wildman–Crippen MR) is 106 cm³/mol. The van der Waals surface area contributed by atoms with Gasteiger partial charge in [-0.2, -0.15) is 5.10 Å². The fraction of sp³-hybridized carbons (Fsp3) is 0.263. The molecule has 27 heavy (non-hydrogen) atoms. The first kappa shape index (κ1) is 20.9. The van der Waals surface area contributed by atoms with Crippen molar-refractivity contribution in [2.75, 3.05) is 20.8 Å². The number of ether oxygens (including phenoxy) is 3. The molecule has 2 aromatic rings. The maximum Gasteiger partial charge on any atom is 0.240 e. The van der Waals surface area contributed by atoms with E-state index in [1.165, 1.54) is 6.21 Å². The fourth-order valence-corrected chi connectivity index (χ4v) is 2.61. The van der Waals surface area contributed by atoms with Gasteiger partial charge in [-0.05, 0) is 36.8 Å². The topological polar surface area (TPSA) is 69.2 Å². The molecule has 0 aliphatic carbocycles. The van der Waals surface area contributed by atoms with Gasteiger partial charge in [0.15, 0.2) is 0 Å². The van der Waals surface area contributed by atoms with Gasteiger partial charge in [0.1, 0.15) is 17.2 Å². The van der Waals surface area contributed by atoms with Crippen molar-refractivity contribution in [1.82, 2.24) is 5.43 Å². The monoisotopic (exact) mass is 410 g/mol. The number of carbonyl (C=O) groups is 1. The zero-order valence-corrected chi connectivity index (χ0v) is 16.5. The van der Waals surface area contributed by atoms with Gasteiger partial charge in [-0.1, -0.05) is 23.2 Å². The predicted octanol–water partition coefficient (Wildman–Crippen LogP) is 4.32. The maximum absolute atomic E-state index is 11.8. The molecule has 0 spiro atoms. The van der Waals surface area contributed by atoms with Crippen LogP contribution in [0.4, 0.5) is 0 Å². The van der Waals surface area contributed by atoms with Crippen molar-refractivity contribution in [3.8, 4) is 17.2 Å². The summed E-state index contributed by atoms with van der Waals surface area (Å²) in [4.78, 5) is 11.8. The first-order valence-electron chi connectivity index (χ1n) is 8.14. The Hall–Kier alpha value is -2.44. The van der Waals surface area contributed by atoms with Gasteiger partial charge in [-0.3, -0.25) is 4.79 Å². The van der Waals surface area contributed by atoms with Crippen LogP contribution < -0.4 is 19.6 Å². The van der Waals surface area contributed by atoms with Crippen LogP contribution in [0.15, 0.2) is 41.5 Å². The maximum atomic E-state index is 11.8. The largest absolute Gasteiger partial charge is 0.497 e. The van der Waals surface area contributed by atoms with E-state index in [0.29, 0.717) is 40.3 Å². The SMILES string of the molecule is COc1cc(/C=N\NC(=O)CCCOc2ccc(Cl)cc2Cl)cc(OC)c1. The van der Waals surface area contributed by atoms with Crippen LogP contribution in [-0.4, -0.2) is 32.9 Å². The van der Waals surface area contributed by atoms with Crippen LogP contribution in [0.3, 0.4) is 0 Å². The molecule has 1 N–H and O–H groups in total. The van der Waals surface area contributed by atoms with Crippen molar-refractivity contribution in [3.63, 3.8) is 0 Å². The third-order valence-corrected chi connectivity index (χ3v) is 4.01. The van der Waals surface area contributed by atoms with Gasteiger partial charge in [-0.25, -0.2) is 5.43 Å². The minimum absolute atomic E-state index is 0.216. The zero-order chi connectivity index (χ0) is 19.6. The number of hydrogen-bond donors (Lipinski definition) is 1. The summed E-state index contributed by atoms with van der Waals surface area (Å²) in [6, 6.07) is 10.3. The standard InChI is InChI=1S/C19H20Cl2N2O4/c1-25-15-8-13(9-16(11-15)26-2)12-22-23-19(24)4-3-7-27-18-6-5-14(20)10-17(18)21/h5-6,8-12H,3-4,7H2,1-2H3,(H,23,24)/b22-12-. The lowest BCUT2D eigenvalue weighted by atomic mass is 10.2. The molecule has 0 atom stereocenters. The first-order valence-corrected chi connectivity index (χ1v) is 8.90. The highest BCUT2D eigenvalue weighted by molar-refractivity contribution is 6.35. The molecule has 0 aromatic heterocycles. The molecule has 0 fully saturated rings. The highest BCUT2D eigenvalue weighted by atomic mass is 35.5. The summed E-state index contributed by atoms with van der Waals surface area (Å²) >= 11 is 11.8. The normalized spacial score (nSPS) is 10.7. The van der Waals surface area contributed by atoms with Crippen LogP contribution in [0.2, 0.25) is 10.0 Å². The van der Waals surface area contributed by atoms with Gasteiger partial charge in [0.2, 0.25) is 5.91 Å². The van der Waals surface area contributed by atoms with Crippen LogP contribution in [0.5, 0.6) is 17.2 Å². The summed E-state index contributed by atoms with van der Waals surface area (Å²) in [5.41, 5.74) is 3.22. The number of nitrogens with one attached hydrogen (secondary N) is 1. The molecule has 0 saturated heterocycles. The van der Waals surface area contributed by atoms with Gasteiger partial charge >= 0.3 is 0 Å². The zero-order valence-electron chi connectivity index (χ0n) is 15.0. The Balaban J connectivity index is 1.75. The van der Waals surface area contributed by atoms with E-state index in [4.69, 9.17) is 37.4 Å². The molecule has 0 aliphatic heterocycles. The number of halogens is 2. The molecule has 0 saturated carbocycles. The van der Waals surface area contributed by atoms with Crippen LogP contribution in [0.25, 0.3) is 0 Å². The molecule has 2 aromatic carbocycles. The van der Waals surface area contributed by atoms with Crippen molar-refractivity contribution in [2.24, 2.45) is 5.10 Å². The number of carbonyl (C=O) groups excluding carboxylic acids is 1. The number of benzene rings is 2. The summed E-state index contributed by atoms with van der Waals surface area (Å²) in [6.07, 6.45) is 2.31. The number of hydrazone groups is 1. The number of amides is 1. The van der Waals surface area contributed by atoms with Crippen molar-refractivity contribution in [2.45, 2.75) is 12.8 Å². The summed E-state index contributed by atoms with van der Waals surface area (Å²) in [5.74, 6) is 1.60. The molecule has 0 bridgehead atoms. The second-order valence-electron chi connectivity index (χ2n) is 5.47. The Morgan fingerprint density at radius 2 is 1.81 bits per heavy atom. The lowest BCUT2D eigenvalue weighted by molar-refractivity contribution is -0.121. The van der Waals surface area contributed by atoms with Gasteiger partial charge in [0.05, 0.1) is 32.1 Å². The lowest BCUT2D eigenvalue weighted by Crippen LogP contribution is -2.18. The second-order valence-corrected chi connectivity index (χ2v) is 6.31. The minimum atomic E-state index is -0.216. The molecule has 144 valence electrons. The highest BCUT2D eigenvalue weighted by Gasteiger charge is 2.04. The van der Waals surface area contributed by atoms with Crippen molar-refractivity contribution >= 4 is 35.3 Å². The molecule has 6 nitrogen and oxygen atoms in total. The molecule has 0 heterocycles.